The lowest BCUT2D eigenvalue weighted by Crippen LogP contribution is -2.30. The summed E-state index contributed by atoms with van der Waals surface area (Å²) < 4.78 is 0. The minimum atomic E-state index is -0.369. The van der Waals surface area contributed by atoms with E-state index in [-0.39, 0.29) is 17.5 Å². The fraction of sp³-hybridized carbons (Fsp3) is 0.500. The molecule has 3 nitrogen and oxygen atoms in total. The van der Waals surface area contributed by atoms with E-state index in [2.05, 4.69) is 4.98 Å². The molecule has 1 aromatic heterocycles. The predicted octanol–water partition coefficient (Wildman–Crippen LogP) is 2.51. The molecule has 0 amide bonds. The highest BCUT2D eigenvalue weighted by atomic mass is 16.1. The van der Waals surface area contributed by atoms with Crippen molar-refractivity contribution in [2.24, 2.45) is 5.92 Å². The van der Waals surface area contributed by atoms with Gasteiger partial charge in [0, 0.05) is 25.2 Å². The van der Waals surface area contributed by atoms with Crippen LogP contribution >= 0.6 is 0 Å². The van der Waals surface area contributed by atoms with E-state index in [0.717, 1.165) is 6.42 Å². The van der Waals surface area contributed by atoms with E-state index < -0.39 is 0 Å². The van der Waals surface area contributed by atoms with Crippen molar-refractivity contribution in [3.8, 4) is 0 Å². The molecule has 3 heteroatoms. The Balaban J connectivity index is 2.13. The molecule has 0 N–H and O–H groups in total. The summed E-state index contributed by atoms with van der Waals surface area (Å²) in [7, 11) is 0. The molecule has 0 unspecified atom stereocenters. The molecule has 1 saturated carbocycles. The summed E-state index contributed by atoms with van der Waals surface area (Å²) in [5, 5.41) is 0. The van der Waals surface area contributed by atoms with Crippen LogP contribution in [0, 0.1) is 5.92 Å². The van der Waals surface area contributed by atoms with Gasteiger partial charge in [-0.1, -0.05) is 6.92 Å². The zero-order chi connectivity index (χ0) is 12.3. The number of nitrogens with zero attached hydrogens (tertiary/aromatic N) is 1. The van der Waals surface area contributed by atoms with E-state index in [1.807, 2.05) is 19.1 Å². The summed E-state index contributed by atoms with van der Waals surface area (Å²) >= 11 is 0. The van der Waals surface area contributed by atoms with Crippen LogP contribution in [0.4, 0.5) is 0 Å². The Morgan fingerprint density at radius 3 is 2.76 bits per heavy atom. The fourth-order valence-corrected chi connectivity index (χ4v) is 2.52. The highest BCUT2D eigenvalue weighted by molar-refractivity contribution is 6.02. The van der Waals surface area contributed by atoms with Gasteiger partial charge < -0.3 is 0 Å². The third kappa shape index (κ3) is 2.60. The molecule has 90 valence electrons. The maximum Gasteiger partial charge on any atom is 0.143 e. The van der Waals surface area contributed by atoms with Gasteiger partial charge in [-0.15, -0.1) is 0 Å². The van der Waals surface area contributed by atoms with Crippen LogP contribution in [0.5, 0.6) is 0 Å². The van der Waals surface area contributed by atoms with Crippen molar-refractivity contribution >= 4 is 11.6 Å². The van der Waals surface area contributed by atoms with Crippen molar-refractivity contribution in [3.63, 3.8) is 0 Å². The van der Waals surface area contributed by atoms with Gasteiger partial charge >= 0.3 is 0 Å². The van der Waals surface area contributed by atoms with Crippen LogP contribution in [0.3, 0.4) is 0 Å². The van der Waals surface area contributed by atoms with Crippen molar-refractivity contribution in [1.29, 1.82) is 0 Å². The van der Waals surface area contributed by atoms with Gasteiger partial charge in [0.15, 0.2) is 0 Å². The maximum atomic E-state index is 11.7. The second kappa shape index (κ2) is 5.21. The normalized spacial score (nSPS) is 24.6. The first-order valence-corrected chi connectivity index (χ1v) is 6.17. The second-order valence-corrected chi connectivity index (χ2v) is 4.59. The van der Waals surface area contributed by atoms with Gasteiger partial charge in [-0.3, -0.25) is 14.6 Å². The van der Waals surface area contributed by atoms with Crippen LogP contribution in [-0.4, -0.2) is 16.6 Å². The van der Waals surface area contributed by atoms with Crippen molar-refractivity contribution in [2.45, 2.75) is 38.5 Å². The number of Topliss-reactive ketones (excluding diaryl/α,β-unsaturated/α-hetero) is 2. The van der Waals surface area contributed by atoms with Gasteiger partial charge in [0.05, 0.1) is 5.92 Å². The first-order chi connectivity index (χ1) is 8.22. The molecule has 0 bridgehead atoms. The Bertz CT molecular complexity index is 405. The maximum absolute atomic E-state index is 11.7. The topological polar surface area (TPSA) is 47.0 Å². The summed E-state index contributed by atoms with van der Waals surface area (Å²) in [5.41, 5.74) is 1.20. The molecule has 2 rings (SSSR count). The van der Waals surface area contributed by atoms with E-state index in [9.17, 15) is 9.59 Å². The lowest BCUT2D eigenvalue weighted by atomic mass is 9.75. The summed E-state index contributed by atoms with van der Waals surface area (Å²) in [6, 6.07) is 3.96. The van der Waals surface area contributed by atoms with Crippen LogP contribution in [-0.2, 0) is 9.59 Å². The van der Waals surface area contributed by atoms with Crippen LogP contribution in [0.1, 0.15) is 44.1 Å². The van der Waals surface area contributed by atoms with Crippen molar-refractivity contribution in [1.82, 2.24) is 4.98 Å². The number of aromatic nitrogens is 1. The first kappa shape index (κ1) is 12.0. The Morgan fingerprint density at radius 2 is 2.12 bits per heavy atom. The molecule has 1 fully saturated rings. The molecule has 0 spiro atoms. The van der Waals surface area contributed by atoms with Gasteiger partial charge in [-0.25, -0.2) is 0 Å². The van der Waals surface area contributed by atoms with E-state index in [0.29, 0.717) is 25.2 Å². The zero-order valence-electron chi connectivity index (χ0n) is 10.1. The Kier molecular flexibility index (Phi) is 3.67. The minimum Gasteiger partial charge on any atom is -0.299 e. The molecular formula is C14H17NO2. The SMILES string of the molecule is CCC(=O)[C@@H]1C[C@H](c2ccncc2)CCC1=O. The average molecular weight is 231 g/mol. The monoisotopic (exact) mass is 231 g/mol. The second-order valence-electron chi connectivity index (χ2n) is 4.59. The van der Waals surface area contributed by atoms with Gasteiger partial charge in [0.25, 0.3) is 0 Å². The molecule has 0 aromatic carbocycles. The molecule has 2 atom stereocenters. The summed E-state index contributed by atoms with van der Waals surface area (Å²) in [6.07, 6.45) is 6.06. The molecule has 1 aliphatic carbocycles. The minimum absolute atomic E-state index is 0.0914. The van der Waals surface area contributed by atoms with Gasteiger partial charge in [-0.2, -0.15) is 0 Å². The molecule has 17 heavy (non-hydrogen) atoms. The predicted molar refractivity (Wildman–Crippen MR) is 64.6 cm³/mol. The Hall–Kier alpha value is -1.51. The van der Waals surface area contributed by atoms with E-state index in [1.54, 1.807) is 12.4 Å². The van der Waals surface area contributed by atoms with Crippen molar-refractivity contribution < 1.29 is 9.59 Å². The molecular weight excluding hydrogens is 214 g/mol. The van der Waals surface area contributed by atoms with Crippen molar-refractivity contribution in [2.75, 3.05) is 0 Å². The van der Waals surface area contributed by atoms with Crippen LogP contribution in [0.2, 0.25) is 0 Å². The third-order valence-corrected chi connectivity index (χ3v) is 3.56. The number of carbonyl (C=O) groups is 2. The molecule has 1 aromatic rings. The van der Waals surface area contributed by atoms with Crippen LogP contribution in [0.15, 0.2) is 24.5 Å². The van der Waals surface area contributed by atoms with Gasteiger partial charge in [0.2, 0.25) is 0 Å². The summed E-state index contributed by atoms with van der Waals surface area (Å²) in [6.45, 7) is 1.83. The standard InChI is InChI=1S/C14H17NO2/c1-2-13(16)12-9-11(3-4-14(12)17)10-5-7-15-8-6-10/h5-8,11-12H,2-4,9H2,1H3/t11-,12+/m1/s1. The van der Waals surface area contributed by atoms with Gasteiger partial charge in [-0.05, 0) is 36.5 Å². The lowest BCUT2D eigenvalue weighted by molar-refractivity contribution is -0.134. The summed E-state index contributed by atoms with van der Waals surface area (Å²) in [5.74, 6) is 0.180. The van der Waals surface area contributed by atoms with Crippen LogP contribution < -0.4 is 0 Å². The summed E-state index contributed by atoms with van der Waals surface area (Å²) in [4.78, 5) is 27.5. The molecule has 1 aliphatic rings. The number of ketones is 2. The Morgan fingerprint density at radius 1 is 1.41 bits per heavy atom. The Labute approximate surface area is 101 Å². The zero-order valence-corrected chi connectivity index (χ0v) is 10.1. The molecule has 0 saturated heterocycles. The average Bonchev–Trinajstić information content (AvgIpc) is 2.39. The number of pyridine rings is 1. The van der Waals surface area contributed by atoms with Crippen LogP contribution in [0.25, 0.3) is 0 Å². The smallest absolute Gasteiger partial charge is 0.143 e. The highest BCUT2D eigenvalue weighted by Gasteiger charge is 2.33. The number of rotatable bonds is 3. The quantitative estimate of drug-likeness (QED) is 0.751. The van der Waals surface area contributed by atoms with E-state index in [1.165, 1.54) is 5.56 Å². The molecule has 1 heterocycles. The first-order valence-electron chi connectivity index (χ1n) is 6.17. The number of hydrogen-bond donors (Lipinski definition) is 0. The van der Waals surface area contributed by atoms with Gasteiger partial charge in [0.1, 0.15) is 11.6 Å². The van der Waals surface area contributed by atoms with E-state index >= 15 is 0 Å². The third-order valence-electron chi connectivity index (χ3n) is 3.56. The van der Waals surface area contributed by atoms with E-state index in [4.69, 9.17) is 0 Å². The largest absolute Gasteiger partial charge is 0.299 e. The molecule has 0 aliphatic heterocycles. The molecule has 0 radical (unpaired) electrons. The number of carbonyl (C=O) groups excluding carboxylic acids is 2. The fourth-order valence-electron chi connectivity index (χ4n) is 2.52. The lowest BCUT2D eigenvalue weighted by Gasteiger charge is -2.27. The number of hydrogen-bond acceptors (Lipinski definition) is 3. The highest BCUT2D eigenvalue weighted by Crippen LogP contribution is 2.34. The van der Waals surface area contributed by atoms with Crippen molar-refractivity contribution in [3.05, 3.63) is 30.1 Å².